The van der Waals surface area contributed by atoms with Crippen LogP contribution < -0.4 is 15.8 Å². The van der Waals surface area contributed by atoms with Gasteiger partial charge in [0.25, 0.3) is 5.91 Å². The summed E-state index contributed by atoms with van der Waals surface area (Å²) >= 11 is 0. The molecule has 1 fully saturated rings. The van der Waals surface area contributed by atoms with E-state index in [0.29, 0.717) is 12.5 Å². The third-order valence-electron chi connectivity index (χ3n) is 2.95. The summed E-state index contributed by atoms with van der Waals surface area (Å²) in [4.78, 5) is 11.4. The van der Waals surface area contributed by atoms with Gasteiger partial charge in [-0.05, 0) is 37.0 Å². The molecule has 0 atom stereocenters. The van der Waals surface area contributed by atoms with Gasteiger partial charge in [0.15, 0.2) is 6.61 Å². The van der Waals surface area contributed by atoms with Gasteiger partial charge in [0.2, 0.25) is 0 Å². The zero-order chi connectivity index (χ0) is 14.8. The first-order chi connectivity index (χ1) is 9.36. The predicted molar refractivity (Wildman–Crippen MR) is 67.1 cm³/mol. The molecule has 0 unspecified atom stereocenters. The van der Waals surface area contributed by atoms with Crippen LogP contribution in [-0.2, 0) is 11.0 Å². The molecule has 1 aromatic rings. The first-order valence-electron chi connectivity index (χ1n) is 6.22. The largest absolute Gasteiger partial charge is 0.483 e. The van der Waals surface area contributed by atoms with Crippen molar-refractivity contribution in [3.8, 4) is 5.75 Å². The first kappa shape index (κ1) is 14.5. The Hall–Kier alpha value is -1.92. The van der Waals surface area contributed by atoms with E-state index < -0.39 is 30.0 Å². The highest BCUT2D eigenvalue weighted by molar-refractivity contribution is 5.77. The fourth-order valence-corrected chi connectivity index (χ4v) is 1.67. The maximum atomic E-state index is 12.8. The number of amides is 1. The van der Waals surface area contributed by atoms with Crippen LogP contribution in [-0.4, -0.2) is 19.1 Å². The number of hydrogen-bond donors (Lipinski definition) is 2. The highest BCUT2D eigenvalue weighted by Gasteiger charge is 2.34. The average Bonchev–Trinajstić information content (AvgIpc) is 3.17. The van der Waals surface area contributed by atoms with Crippen molar-refractivity contribution in [2.45, 2.75) is 19.0 Å². The zero-order valence-electron chi connectivity index (χ0n) is 10.7. The smallest absolute Gasteiger partial charge is 0.420 e. The summed E-state index contributed by atoms with van der Waals surface area (Å²) in [7, 11) is 0. The van der Waals surface area contributed by atoms with Crippen molar-refractivity contribution in [1.82, 2.24) is 5.32 Å². The summed E-state index contributed by atoms with van der Waals surface area (Å²) in [5, 5.41) is 2.61. The van der Waals surface area contributed by atoms with Crippen LogP contribution in [0.4, 0.5) is 18.9 Å². The highest BCUT2D eigenvalue weighted by Crippen LogP contribution is 2.37. The lowest BCUT2D eigenvalue weighted by molar-refractivity contribution is -0.139. The number of nitrogen functional groups attached to an aromatic ring is 1. The molecule has 0 aliphatic heterocycles. The molecule has 1 aliphatic carbocycles. The van der Waals surface area contributed by atoms with Gasteiger partial charge in [0.1, 0.15) is 5.75 Å². The number of ether oxygens (including phenoxy) is 1. The minimum atomic E-state index is -4.57. The van der Waals surface area contributed by atoms with Gasteiger partial charge in [-0.2, -0.15) is 13.2 Å². The van der Waals surface area contributed by atoms with Crippen LogP contribution in [0.3, 0.4) is 0 Å². The Kier molecular flexibility index (Phi) is 4.06. The summed E-state index contributed by atoms with van der Waals surface area (Å²) in [6.45, 7) is 0.107. The van der Waals surface area contributed by atoms with Crippen molar-refractivity contribution >= 4 is 11.6 Å². The van der Waals surface area contributed by atoms with E-state index in [1.54, 1.807) is 0 Å². The van der Waals surface area contributed by atoms with Gasteiger partial charge >= 0.3 is 6.18 Å². The Labute approximate surface area is 114 Å². The molecule has 4 nitrogen and oxygen atoms in total. The number of alkyl halides is 3. The van der Waals surface area contributed by atoms with Crippen LogP contribution in [0.15, 0.2) is 18.2 Å². The van der Waals surface area contributed by atoms with Crippen molar-refractivity contribution in [3.63, 3.8) is 0 Å². The Morgan fingerprint density at radius 2 is 2.10 bits per heavy atom. The monoisotopic (exact) mass is 288 g/mol. The van der Waals surface area contributed by atoms with Crippen molar-refractivity contribution in [2.24, 2.45) is 5.92 Å². The van der Waals surface area contributed by atoms with Crippen LogP contribution in [0.2, 0.25) is 0 Å². The molecule has 0 saturated heterocycles. The van der Waals surface area contributed by atoms with Crippen LogP contribution >= 0.6 is 0 Å². The summed E-state index contributed by atoms with van der Waals surface area (Å²) < 4.78 is 43.3. The van der Waals surface area contributed by atoms with Gasteiger partial charge < -0.3 is 15.8 Å². The number of nitrogens with one attached hydrogen (secondary N) is 1. The number of anilines is 1. The molecule has 0 heterocycles. The van der Waals surface area contributed by atoms with Crippen LogP contribution in [0.5, 0.6) is 5.75 Å². The normalized spacial score (nSPS) is 14.9. The van der Waals surface area contributed by atoms with Gasteiger partial charge in [-0.25, -0.2) is 0 Å². The van der Waals surface area contributed by atoms with Gasteiger partial charge in [0, 0.05) is 12.2 Å². The molecule has 2 rings (SSSR count). The number of nitrogens with two attached hydrogens (primary N) is 1. The molecule has 1 amide bonds. The van der Waals surface area contributed by atoms with E-state index in [1.165, 1.54) is 6.07 Å². The minimum absolute atomic E-state index is 0.0112. The molecule has 1 aliphatic rings. The second kappa shape index (κ2) is 5.60. The van der Waals surface area contributed by atoms with Crippen molar-refractivity contribution in [1.29, 1.82) is 0 Å². The maximum absolute atomic E-state index is 12.8. The van der Waals surface area contributed by atoms with E-state index in [-0.39, 0.29) is 5.69 Å². The Balaban J connectivity index is 1.95. The molecule has 3 N–H and O–H groups in total. The number of benzene rings is 1. The van der Waals surface area contributed by atoms with E-state index in [2.05, 4.69) is 5.32 Å². The molecule has 0 spiro atoms. The molecule has 1 aromatic carbocycles. The number of rotatable bonds is 5. The van der Waals surface area contributed by atoms with E-state index in [4.69, 9.17) is 10.5 Å². The fraction of sp³-hybridized carbons (Fsp3) is 0.462. The third kappa shape index (κ3) is 4.04. The van der Waals surface area contributed by atoms with E-state index >= 15 is 0 Å². The lowest BCUT2D eigenvalue weighted by Gasteiger charge is -2.14. The Morgan fingerprint density at radius 1 is 1.40 bits per heavy atom. The molecule has 20 heavy (non-hydrogen) atoms. The van der Waals surface area contributed by atoms with E-state index in [1.807, 2.05) is 0 Å². The second-order valence-electron chi connectivity index (χ2n) is 4.79. The number of halogens is 3. The lowest BCUT2D eigenvalue weighted by Crippen LogP contribution is -2.30. The SMILES string of the molecule is Nc1ccc(OCC(=O)NCC2CC2)c(C(F)(F)F)c1. The number of carbonyl (C=O) groups excluding carboxylic acids is 1. The number of hydrogen-bond acceptors (Lipinski definition) is 3. The van der Waals surface area contributed by atoms with Gasteiger partial charge in [0.05, 0.1) is 5.56 Å². The van der Waals surface area contributed by atoms with Gasteiger partial charge in [-0.3, -0.25) is 4.79 Å². The first-order valence-corrected chi connectivity index (χ1v) is 6.22. The maximum Gasteiger partial charge on any atom is 0.420 e. The molecule has 110 valence electrons. The topological polar surface area (TPSA) is 64.3 Å². The Bertz CT molecular complexity index is 499. The molecule has 0 bridgehead atoms. The van der Waals surface area contributed by atoms with Crippen molar-refractivity contribution < 1.29 is 22.7 Å². The molecule has 7 heteroatoms. The summed E-state index contributed by atoms with van der Waals surface area (Å²) in [5.74, 6) is -0.323. The van der Waals surface area contributed by atoms with Crippen molar-refractivity contribution in [3.05, 3.63) is 23.8 Å². The second-order valence-corrected chi connectivity index (χ2v) is 4.79. The molecular formula is C13H15F3N2O2. The van der Waals surface area contributed by atoms with Crippen LogP contribution in [0.1, 0.15) is 18.4 Å². The lowest BCUT2D eigenvalue weighted by atomic mass is 10.1. The average molecular weight is 288 g/mol. The summed E-state index contributed by atoms with van der Waals surface area (Å²) in [5.41, 5.74) is 4.34. The van der Waals surface area contributed by atoms with E-state index in [0.717, 1.165) is 25.0 Å². The van der Waals surface area contributed by atoms with Gasteiger partial charge in [-0.1, -0.05) is 0 Å². The molecule has 0 radical (unpaired) electrons. The summed E-state index contributed by atoms with van der Waals surface area (Å²) in [6, 6.07) is 3.20. The Morgan fingerprint density at radius 3 is 2.70 bits per heavy atom. The number of carbonyl (C=O) groups is 1. The fourth-order valence-electron chi connectivity index (χ4n) is 1.67. The molecule has 1 saturated carbocycles. The third-order valence-corrected chi connectivity index (χ3v) is 2.95. The van der Waals surface area contributed by atoms with Gasteiger partial charge in [-0.15, -0.1) is 0 Å². The minimum Gasteiger partial charge on any atom is -0.483 e. The molecular weight excluding hydrogens is 273 g/mol. The van der Waals surface area contributed by atoms with Crippen LogP contribution in [0, 0.1) is 5.92 Å². The zero-order valence-corrected chi connectivity index (χ0v) is 10.7. The molecule has 0 aromatic heterocycles. The van der Waals surface area contributed by atoms with Crippen LogP contribution in [0.25, 0.3) is 0 Å². The predicted octanol–water partition coefficient (Wildman–Crippen LogP) is 2.19. The van der Waals surface area contributed by atoms with E-state index in [9.17, 15) is 18.0 Å². The van der Waals surface area contributed by atoms with Crippen molar-refractivity contribution in [2.75, 3.05) is 18.9 Å². The summed E-state index contributed by atoms with van der Waals surface area (Å²) in [6.07, 6.45) is -2.41. The quantitative estimate of drug-likeness (QED) is 0.816. The highest BCUT2D eigenvalue weighted by atomic mass is 19.4. The standard InChI is InChI=1S/C13H15F3N2O2/c14-13(15,16)10-5-9(17)3-4-11(10)20-7-12(19)18-6-8-1-2-8/h3-5,8H,1-2,6-7,17H2,(H,18,19).